The third-order valence-electron chi connectivity index (χ3n) is 2.23. The minimum atomic E-state index is -5.08. The van der Waals surface area contributed by atoms with Gasteiger partial charge in [0.25, 0.3) is 0 Å². The highest BCUT2D eigenvalue weighted by Gasteiger charge is 2.38. The molecule has 0 radical (unpaired) electrons. The fourth-order valence-electron chi connectivity index (χ4n) is 1.31. The van der Waals surface area contributed by atoms with Crippen LogP contribution in [0.15, 0.2) is 0 Å². The number of alkyl halides is 3. The molecule has 0 aliphatic carbocycles. The molecule has 1 saturated heterocycles. The smallest absolute Gasteiger partial charge is 0.475 e. The largest absolute Gasteiger partial charge is 0.490 e. The van der Waals surface area contributed by atoms with Crippen molar-refractivity contribution in [3.63, 3.8) is 0 Å². The lowest BCUT2D eigenvalue weighted by Crippen LogP contribution is -2.30. The van der Waals surface area contributed by atoms with Crippen LogP contribution in [0.25, 0.3) is 0 Å². The molecule has 1 aliphatic rings. The number of nitrogens with two attached hydrogens (primary N) is 1. The zero-order valence-electron chi connectivity index (χ0n) is 9.41. The number of carbonyl (C=O) groups excluding carboxylic acids is 1. The van der Waals surface area contributed by atoms with E-state index in [0.717, 1.165) is 13.0 Å². The summed E-state index contributed by atoms with van der Waals surface area (Å²) in [6, 6.07) is -0.246. The molecule has 0 unspecified atom stereocenters. The molecule has 1 rings (SSSR count). The van der Waals surface area contributed by atoms with Crippen molar-refractivity contribution in [2.75, 3.05) is 13.2 Å². The lowest BCUT2D eigenvalue weighted by molar-refractivity contribution is -0.192. The lowest BCUT2D eigenvalue weighted by atomic mass is 9.99. The van der Waals surface area contributed by atoms with Crippen LogP contribution in [0.2, 0.25) is 0 Å². The van der Waals surface area contributed by atoms with Crippen LogP contribution in [-0.4, -0.2) is 47.5 Å². The predicted octanol–water partition coefficient (Wildman–Crippen LogP) is -0.534. The molecule has 1 fully saturated rings. The predicted molar refractivity (Wildman–Crippen MR) is 54.5 cm³/mol. The SMILES string of the molecule is N[C@H](CO)C[C@@H]1CCNC1=O.O=C(O)C(F)(F)F. The molecule has 1 aliphatic heterocycles. The van der Waals surface area contributed by atoms with E-state index < -0.39 is 12.1 Å². The zero-order valence-corrected chi connectivity index (χ0v) is 9.41. The molecule has 1 heterocycles. The van der Waals surface area contributed by atoms with E-state index in [1.807, 2.05) is 0 Å². The molecule has 9 heteroatoms. The van der Waals surface area contributed by atoms with Crippen molar-refractivity contribution in [1.29, 1.82) is 0 Å². The van der Waals surface area contributed by atoms with Gasteiger partial charge < -0.3 is 21.3 Å². The zero-order chi connectivity index (χ0) is 14.3. The third-order valence-corrected chi connectivity index (χ3v) is 2.23. The van der Waals surface area contributed by atoms with Gasteiger partial charge in [-0.15, -0.1) is 0 Å². The molecule has 18 heavy (non-hydrogen) atoms. The van der Waals surface area contributed by atoms with Gasteiger partial charge in [-0.1, -0.05) is 0 Å². The number of halogens is 3. The van der Waals surface area contributed by atoms with Gasteiger partial charge in [0.1, 0.15) is 0 Å². The van der Waals surface area contributed by atoms with Gasteiger partial charge in [-0.3, -0.25) is 4.79 Å². The highest BCUT2D eigenvalue weighted by atomic mass is 19.4. The van der Waals surface area contributed by atoms with Crippen LogP contribution < -0.4 is 11.1 Å². The number of carboxylic acids is 1. The van der Waals surface area contributed by atoms with E-state index in [1.54, 1.807) is 0 Å². The molecular formula is C9H15F3N2O4. The van der Waals surface area contributed by atoms with Crippen LogP contribution >= 0.6 is 0 Å². The van der Waals surface area contributed by atoms with Gasteiger partial charge in [0, 0.05) is 18.5 Å². The minimum Gasteiger partial charge on any atom is -0.475 e. The molecule has 6 nitrogen and oxygen atoms in total. The number of carboxylic acid groups (broad SMARTS) is 1. The first-order chi connectivity index (χ1) is 8.18. The van der Waals surface area contributed by atoms with Gasteiger partial charge in [-0.2, -0.15) is 13.2 Å². The van der Waals surface area contributed by atoms with Crippen LogP contribution in [0.4, 0.5) is 13.2 Å². The first-order valence-electron chi connectivity index (χ1n) is 5.12. The molecule has 0 aromatic carbocycles. The summed E-state index contributed by atoms with van der Waals surface area (Å²) in [5.74, 6) is -2.65. The van der Waals surface area contributed by atoms with Crippen molar-refractivity contribution in [1.82, 2.24) is 5.32 Å². The Bertz CT molecular complexity index is 296. The Morgan fingerprint density at radius 2 is 2.06 bits per heavy atom. The van der Waals surface area contributed by atoms with Crippen molar-refractivity contribution in [3.05, 3.63) is 0 Å². The summed E-state index contributed by atoms with van der Waals surface area (Å²) in [4.78, 5) is 19.9. The summed E-state index contributed by atoms with van der Waals surface area (Å²) in [5.41, 5.74) is 5.48. The van der Waals surface area contributed by atoms with Gasteiger partial charge in [-0.05, 0) is 12.8 Å². The third kappa shape index (κ3) is 6.40. The molecule has 0 aromatic rings. The van der Waals surface area contributed by atoms with E-state index in [9.17, 15) is 18.0 Å². The molecule has 0 saturated carbocycles. The van der Waals surface area contributed by atoms with Crippen molar-refractivity contribution < 1.29 is 33.0 Å². The molecule has 106 valence electrons. The monoisotopic (exact) mass is 272 g/mol. The number of carbonyl (C=O) groups is 2. The number of hydrogen-bond donors (Lipinski definition) is 4. The van der Waals surface area contributed by atoms with Gasteiger partial charge in [0.05, 0.1) is 6.61 Å². The van der Waals surface area contributed by atoms with Crippen LogP contribution in [0.1, 0.15) is 12.8 Å². The molecule has 5 N–H and O–H groups in total. The van der Waals surface area contributed by atoms with Gasteiger partial charge >= 0.3 is 12.1 Å². The van der Waals surface area contributed by atoms with Crippen LogP contribution in [0.5, 0.6) is 0 Å². The Balaban J connectivity index is 0.000000360. The first-order valence-corrected chi connectivity index (χ1v) is 5.12. The average molecular weight is 272 g/mol. The fourth-order valence-corrected chi connectivity index (χ4v) is 1.31. The minimum absolute atomic E-state index is 0.0251. The Kier molecular flexibility index (Phi) is 6.63. The maximum atomic E-state index is 11.0. The number of rotatable bonds is 3. The molecule has 1 amide bonds. The molecule has 0 bridgehead atoms. The summed E-state index contributed by atoms with van der Waals surface area (Å²) in [7, 11) is 0. The summed E-state index contributed by atoms with van der Waals surface area (Å²) < 4.78 is 31.7. The van der Waals surface area contributed by atoms with E-state index in [0.29, 0.717) is 6.42 Å². The summed E-state index contributed by atoms with van der Waals surface area (Å²) >= 11 is 0. The van der Waals surface area contributed by atoms with E-state index >= 15 is 0 Å². The highest BCUT2D eigenvalue weighted by Crippen LogP contribution is 2.14. The molecule has 0 spiro atoms. The number of aliphatic carboxylic acids is 1. The second kappa shape index (κ2) is 7.17. The Hall–Kier alpha value is -1.35. The van der Waals surface area contributed by atoms with Crippen LogP contribution in [-0.2, 0) is 9.59 Å². The molecule has 0 aromatic heterocycles. The first kappa shape index (κ1) is 16.6. The Morgan fingerprint density at radius 1 is 1.56 bits per heavy atom. The summed E-state index contributed by atoms with van der Waals surface area (Å²) in [6.45, 7) is 0.714. The number of hydrogen-bond acceptors (Lipinski definition) is 4. The molecular weight excluding hydrogens is 257 g/mol. The Morgan fingerprint density at radius 3 is 2.33 bits per heavy atom. The lowest BCUT2D eigenvalue weighted by Gasteiger charge is -2.10. The van der Waals surface area contributed by atoms with Crippen molar-refractivity contribution in [3.8, 4) is 0 Å². The van der Waals surface area contributed by atoms with E-state index in [4.69, 9.17) is 20.7 Å². The van der Waals surface area contributed by atoms with Crippen LogP contribution in [0, 0.1) is 5.92 Å². The van der Waals surface area contributed by atoms with E-state index in [1.165, 1.54) is 0 Å². The normalized spacial score (nSPS) is 20.7. The van der Waals surface area contributed by atoms with Crippen molar-refractivity contribution >= 4 is 11.9 Å². The van der Waals surface area contributed by atoms with E-state index in [-0.39, 0.29) is 24.5 Å². The number of amides is 1. The second-order valence-corrected chi connectivity index (χ2v) is 3.76. The van der Waals surface area contributed by atoms with Gasteiger partial charge in [0.2, 0.25) is 5.91 Å². The number of aliphatic hydroxyl groups is 1. The Labute approximate surface area is 101 Å². The summed E-state index contributed by atoms with van der Waals surface area (Å²) in [5, 5.41) is 18.5. The number of aliphatic hydroxyl groups excluding tert-OH is 1. The molecule has 2 atom stereocenters. The maximum absolute atomic E-state index is 11.0. The average Bonchev–Trinajstić information content (AvgIpc) is 2.64. The standard InChI is InChI=1S/C7H14N2O2.C2HF3O2/c8-6(4-10)3-5-1-2-9-7(5)11;3-2(4,5)1(6)7/h5-6,10H,1-4,8H2,(H,9,11);(H,6,7)/t5-,6-;/m0./s1. The van der Waals surface area contributed by atoms with Crippen LogP contribution in [0.3, 0.4) is 0 Å². The highest BCUT2D eigenvalue weighted by molar-refractivity contribution is 5.80. The van der Waals surface area contributed by atoms with Gasteiger partial charge in [0.15, 0.2) is 0 Å². The quantitative estimate of drug-likeness (QED) is 0.551. The second-order valence-electron chi connectivity index (χ2n) is 3.76. The topological polar surface area (TPSA) is 113 Å². The number of nitrogens with one attached hydrogen (secondary N) is 1. The maximum Gasteiger partial charge on any atom is 0.490 e. The van der Waals surface area contributed by atoms with Gasteiger partial charge in [-0.25, -0.2) is 4.79 Å². The van der Waals surface area contributed by atoms with E-state index in [2.05, 4.69) is 5.32 Å². The van der Waals surface area contributed by atoms with Crippen molar-refractivity contribution in [2.45, 2.75) is 25.1 Å². The summed E-state index contributed by atoms with van der Waals surface area (Å²) in [6.07, 6.45) is -3.63. The van der Waals surface area contributed by atoms with Crippen molar-refractivity contribution in [2.24, 2.45) is 11.7 Å². The fraction of sp³-hybridized carbons (Fsp3) is 0.778.